The molecule has 0 saturated carbocycles. The van der Waals surface area contributed by atoms with E-state index in [-0.39, 0.29) is 12.6 Å². The van der Waals surface area contributed by atoms with Crippen LogP contribution in [-0.2, 0) is 0 Å². The topological polar surface area (TPSA) is 52.5 Å². The van der Waals surface area contributed by atoms with E-state index in [4.69, 9.17) is 11.6 Å². The van der Waals surface area contributed by atoms with Crippen molar-refractivity contribution in [3.63, 3.8) is 0 Å². The van der Waals surface area contributed by atoms with Crippen molar-refractivity contribution in [2.24, 2.45) is 0 Å². The van der Waals surface area contributed by atoms with Crippen molar-refractivity contribution in [3.05, 3.63) is 34.9 Å². The molecule has 0 aliphatic carbocycles. The highest BCUT2D eigenvalue weighted by molar-refractivity contribution is 6.30. The van der Waals surface area contributed by atoms with Crippen molar-refractivity contribution in [2.45, 2.75) is 38.5 Å². The van der Waals surface area contributed by atoms with Crippen LogP contribution in [0.4, 0.5) is 0 Å². The summed E-state index contributed by atoms with van der Waals surface area (Å²) in [4.78, 5) is 0. The second-order valence-electron chi connectivity index (χ2n) is 4.97. The molecule has 0 bridgehead atoms. The van der Waals surface area contributed by atoms with Crippen LogP contribution in [0.25, 0.3) is 0 Å². The van der Waals surface area contributed by atoms with Gasteiger partial charge in [-0.15, -0.1) is 0 Å². The largest absolute Gasteiger partial charge is 0.394 e. The normalized spacial score (nSPS) is 15.6. The SMILES string of the molecule is C[C@H](NC(C)(C)CO)C(O)c1cccc(Cl)c1. The van der Waals surface area contributed by atoms with Crippen LogP contribution in [0, 0.1) is 0 Å². The number of hydrogen-bond acceptors (Lipinski definition) is 3. The molecule has 1 rings (SSSR count). The molecule has 17 heavy (non-hydrogen) atoms. The van der Waals surface area contributed by atoms with Gasteiger partial charge in [0.05, 0.1) is 12.7 Å². The molecule has 1 aromatic rings. The third-order valence-electron chi connectivity index (χ3n) is 2.68. The first kappa shape index (κ1) is 14.5. The third kappa shape index (κ3) is 4.28. The first-order chi connectivity index (χ1) is 7.85. The van der Waals surface area contributed by atoms with Gasteiger partial charge in [-0.25, -0.2) is 0 Å². The fourth-order valence-electron chi connectivity index (χ4n) is 1.72. The van der Waals surface area contributed by atoms with Crippen molar-refractivity contribution in [1.29, 1.82) is 0 Å². The molecule has 0 aliphatic heterocycles. The Hall–Kier alpha value is -0.610. The lowest BCUT2D eigenvalue weighted by molar-refractivity contribution is 0.0991. The Morgan fingerprint density at radius 2 is 2.06 bits per heavy atom. The van der Waals surface area contributed by atoms with Gasteiger partial charge in [-0.05, 0) is 38.5 Å². The molecular formula is C13H20ClNO2. The second-order valence-corrected chi connectivity index (χ2v) is 5.41. The van der Waals surface area contributed by atoms with E-state index in [0.29, 0.717) is 5.02 Å². The Kier molecular flexibility index (Phi) is 4.95. The molecule has 0 aliphatic rings. The molecule has 1 unspecified atom stereocenters. The molecule has 3 nitrogen and oxygen atoms in total. The standard InChI is InChI=1S/C13H20ClNO2/c1-9(15-13(2,3)8-16)12(17)10-5-4-6-11(14)7-10/h4-7,9,12,15-17H,8H2,1-3H3/t9-,12?/m0/s1. The summed E-state index contributed by atoms with van der Waals surface area (Å²) in [5.41, 5.74) is 0.352. The van der Waals surface area contributed by atoms with Gasteiger partial charge in [0.1, 0.15) is 0 Å². The monoisotopic (exact) mass is 257 g/mol. The maximum absolute atomic E-state index is 10.2. The molecule has 3 N–H and O–H groups in total. The lowest BCUT2D eigenvalue weighted by Gasteiger charge is -2.31. The zero-order valence-corrected chi connectivity index (χ0v) is 11.2. The fourth-order valence-corrected chi connectivity index (χ4v) is 1.92. The van der Waals surface area contributed by atoms with Gasteiger partial charge in [0, 0.05) is 16.6 Å². The summed E-state index contributed by atoms with van der Waals surface area (Å²) in [5, 5.41) is 23.1. The zero-order chi connectivity index (χ0) is 13.1. The van der Waals surface area contributed by atoms with Gasteiger partial charge in [-0.3, -0.25) is 0 Å². The van der Waals surface area contributed by atoms with Crippen molar-refractivity contribution < 1.29 is 10.2 Å². The minimum atomic E-state index is -0.653. The number of aliphatic hydroxyl groups excluding tert-OH is 2. The van der Waals surface area contributed by atoms with Crippen LogP contribution in [0.3, 0.4) is 0 Å². The lowest BCUT2D eigenvalue weighted by Crippen LogP contribution is -2.49. The van der Waals surface area contributed by atoms with Crippen LogP contribution in [0.5, 0.6) is 0 Å². The number of nitrogens with one attached hydrogen (secondary N) is 1. The van der Waals surface area contributed by atoms with E-state index >= 15 is 0 Å². The summed E-state index contributed by atoms with van der Waals surface area (Å²) in [6.45, 7) is 5.66. The predicted octanol–water partition coefficient (Wildman–Crippen LogP) is 2.12. The van der Waals surface area contributed by atoms with Crippen LogP contribution >= 0.6 is 11.6 Å². The van der Waals surface area contributed by atoms with Crippen LogP contribution in [0.15, 0.2) is 24.3 Å². The molecule has 0 spiro atoms. The number of aliphatic hydroxyl groups is 2. The maximum Gasteiger partial charge on any atom is 0.0940 e. The van der Waals surface area contributed by atoms with Gasteiger partial charge < -0.3 is 15.5 Å². The molecule has 1 aromatic carbocycles. The Morgan fingerprint density at radius 1 is 1.41 bits per heavy atom. The molecular weight excluding hydrogens is 238 g/mol. The first-order valence-corrected chi connectivity index (χ1v) is 6.05. The molecule has 4 heteroatoms. The van der Waals surface area contributed by atoms with E-state index in [1.165, 1.54) is 0 Å². The van der Waals surface area contributed by atoms with Crippen molar-refractivity contribution in [2.75, 3.05) is 6.61 Å². The summed E-state index contributed by atoms with van der Waals surface area (Å²) in [6.07, 6.45) is -0.653. The summed E-state index contributed by atoms with van der Waals surface area (Å²) in [5.74, 6) is 0. The van der Waals surface area contributed by atoms with E-state index in [1.807, 2.05) is 32.9 Å². The number of halogens is 1. The average Bonchev–Trinajstić information content (AvgIpc) is 2.27. The predicted molar refractivity (Wildman–Crippen MR) is 70.2 cm³/mol. The van der Waals surface area contributed by atoms with Gasteiger partial charge in [0.25, 0.3) is 0 Å². The summed E-state index contributed by atoms with van der Waals surface area (Å²) < 4.78 is 0. The highest BCUT2D eigenvalue weighted by Gasteiger charge is 2.24. The Labute approximate surface area is 107 Å². The van der Waals surface area contributed by atoms with Crippen molar-refractivity contribution in [3.8, 4) is 0 Å². The Morgan fingerprint density at radius 3 is 2.59 bits per heavy atom. The third-order valence-corrected chi connectivity index (χ3v) is 2.91. The summed E-state index contributed by atoms with van der Waals surface area (Å²) in [7, 11) is 0. The average molecular weight is 258 g/mol. The highest BCUT2D eigenvalue weighted by Crippen LogP contribution is 2.21. The smallest absolute Gasteiger partial charge is 0.0940 e. The molecule has 96 valence electrons. The quantitative estimate of drug-likeness (QED) is 0.757. The Balaban J connectivity index is 2.73. The van der Waals surface area contributed by atoms with Crippen LogP contribution < -0.4 is 5.32 Å². The minimum Gasteiger partial charge on any atom is -0.394 e. The molecule has 0 amide bonds. The molecule has 2 atom stereocenters. The highest BCUT2D eigenvalue weighted by atomic mass is 35.5. The van der Waals surface area contributed by atoms with E-state index in [2.05, 4.69) is 5.32 Å². The Bertz CT molecular complexity index is 368. The van der Waals surface area contributed by atoms with Gasteiger partial charge >= 0.3 is 0 Å². The number of hydrogen-bond donors (Lipinski definition) is 3. The zero-order valence-electron chi connectivity index (χ0n) is 10.4. The van der Waals surface area contributed by atoms with E-state index < -0.39 is 11.6 Å². The van der Waals surface area contributed by atoms with Crippen LogP contribution in [-0.4, -0.2) is 28.4 Å². The van der Waals surface area contributed by atoms with Crippen LogP contribution in [0.2, 0.25) is 5.02 Å². The number of rotatable bonds is 5. The summed E-state index contributed by atoms with van der Waals surface area (Å²) >= 11 is 5.88. The van der Waals surface area contributed by atoms with Gasteiger partial charge in [-0.1, -0.05) is 23.7 Å². The maximum atomic E-state index is 10.2. The second kappa shape index (κ2) is 5.83. The van der Waals surface area contributed by atoms with E-state index in [9.17, 15) is 10.2 Å². The van der Waals surface area contributed by atoms with Gasteiger partial charge in [-0.2, -0.15) is 0 Å². The summed E-state index contributed by atoms with van der Waals surface area (Å²) in [6, 6.07) is 6.99. The molecule has 0 radical (unpaired) electrons. The molecule has 0 saturated heterocycles. The van der Waals surface area contributed by atoms with Crippen molar-refractivity contribution in [1.82, 2.24) is 5.32 Å². The minimum absolute atomic E-state index is 0.0135. The van der Waals surface area contributed by atoms with Crippen LogP contribution in [0.1, 0.15) is 32.4 Å². The van der Waals surface area contributed by atoms with Gasteiger partial charge in [0.2, 0.25) is 0 Å². The van der Waals surface area contributed by atoms with Gasteiger partial charge in [0.15, 0.2) is 0 Å². The van der Waals surface area contributed by atoms with E-state index in [0.717, 1.165) is 5.56 Å². The van der Waals surface area contributed by atoms with Crippen molar-refractivity contribution >= 4 is 11.6 Å². The fraction of sp³-hybridized carbons (Fsp3) is 0.538. The van der Waals surface area contributed by atoms with E-state index in [1.54, 1.807) is 12.1 Å². The molecule has 0 heterocycles. The first-order valence-electron chi connectivity index (χ1n) is 5.68. The molecule has 0 fully saturated rings. The number of benzene rings is 1. The molecule has 0 aromatic heterocycles. The lowest BCUT2D eigenvalue weighted by atomic mass is 9.99.